The molecule has 0 radical (unpaired) electrons. The number of nitrogens with one attached hydrogen (secondary N) is 1. The molecule has 154 valence electrons. The zero-order valence-electron chi connectivity index (χ0n) is 16.5. The number of hydrogen-bond acceptors (Lipinski definition) is 6. The molecule has 0 unspecified atom stereocenters. The van der Waals surface area contributed by atoms with Crippen molar-refractivity contribution in [3.05, 3.63) is 107 Å². The number of amides is 2. The van der Waals surface area contributed by atoms with Gasteiger partial charge in [0, 0.05) is 35.6 Å². The van der Waals surface area contributed by atoms with Crippen LogP contribution in [-0.2, 0) is 11.3 Å². The van der Waals surface area contributed by atoms with Crippen LogP contribution in [0.5, 0.6) is 0 Å². The molecule has 0 aliphatic carbocycles. The topological polar surface area (TPSA) is 88.1 Å². The van der Waals surface area contributed by atoms with E-state index in [2.05, 4.69) is 19.9 Å². The van der Waals surface area contributed by atoms with Gasteiger partial charge in [0.15, 0.2) is 5.69 Å². The minimum Gasteiger partial charge on any atom is -0.350 e. The summed E-state index contributed by atoms with van der Waals surface area (Å²) in [6, 6.07) is 21.2. The molecule has 0 aliphatic heterocycles. The van der Waals surface area contributed by atoms with Crippen LogP contribution in [0.2, 0.25) is 0 Å². The minimum absolute atomic E-state index is 0.179. The van der Waals surface area contributed by atoms with Crippen molar-refractivity contribution in [1.82, 2.24) is 19.9 Å². The molecule has 0 bridgehead atoms. The van der Waals surface area contributed by atoms with Gasteiger partial charge in [-0.15, -0.1) is 5.10 Å². The second-order valence-electron chi connectivity index (χ2n) is 6.69. The number of para-hydroxylation sites is 1. The summed E-state index contributed by atoms with van der Waals surface area (Å²) in [5.74, 6) is -0.735. The number of pyridine rings is 1. The zero-order chi connectivity index (χ0) is 21.5. The van der Waals surface area contributed by atoms with Crippen molar-refractivity contribution < 1.29 is 9.59 Å². The maximum atomic E-state index is 13.4. The van der Waals surface area contributed by atoms with Gasteiger partial charge in [-0.25, -0.2) is 0 Å². The molecule has 2 heterocycles. The van der Waals surface area contributed by atoms with Crippen molar-refractivity contribution >= 4 is 29.0 Å². The fraction of sp³-hybridized carbons (Fsp3) is 0.0870. The number of benzene rings is 2. The lowest BCUT2D eigenvalue weighted by Gasteiger charge is -2.30. The van der Waals surface area contributed by atoms with Crippen LogP contribution in [-0.4, -0.2) is 26.4 Å². The second-order valence-corrected chi connectivity index (χ2v) is 7.30. The highest BCUT2D eigenvalue weighted by atomic mass is 32.1. The number of carbonyl (C=O) groups excluding carboxylic acids is 2. The maximum absolute atomic E-state index is 13.4. The highest BCUT2D eigenvalue weighted by Crippen LogP contribution is 2.29. The first kappa shape index (κ1) is 20.4. The summed E-state index contributed by atoms with van der Waals surface area (Å²) in [5, 5.41) is 8.45. The van der Waals surface area contributed by atoms with Crippen LogP contribution in [0, 0.1) is 0 Å². The largest absolute Gasteiger partial charge is 0.350 e. The Bertz CT molecular complexity index is 1120. The molecule has 0 spiro atoms. The predicted octanol–water partition coefficient (Wildman–Crippen LogP) is 3.64. The Morgan fingerprint density at radius 2 is 1.71 bits per heavy atom. The van der Waals surface area contributed by atoms with Crippen LogP contribution in [0.25, 0.3) is 0 Å². The summed E-state index contributed by atoms with van der Waals surface area (Å²) >= 11 is 1.08. The van der Waals surface area contributed by atoms with Gasteiger partial charge in [0.05, 0.1) is 0 Å². The predicted molar refractivity (Wildman–Crippen MR) is 118 cm³/mol. The fourth-order valence-corrected chi connectivity index (χ4v) is 3.62. The van der Waals surface area contributed by atoms with Crippen molar-refractivity contribution in [2.24, 2.45) is 0 Å². The Balaban J connectivity index is 1.73. The van der Waals surface area contributed by atoms with Crippen LogP contribution >= 0.6 is 11.5 Å². The van der Waals surface area contributed by atoms with E-state index in [-0.39, 0.29) is 11.6 Å². The first-order chi connectivity index (χ1) is 15.2. The highest BCUT2D eigenvalue weighted by molar-refractivity contribution is 7.03. The smallest absolute Gasteiger partial charge is 0.280 e. The van der Waals surface area contributed by atoms with E-state index in [1.807, 2.05) is 48.5 Å². The summed E-state index contributed by atoms with van der Waals surface area (Å²) in [7, 11) is 0. The van der Waals surface area contributed by atoms with Crippen LogP contribution in [0.1, 0.15) is 27.7 Å². The monoisotopic (exact) mass is 429 g/mol. The summed E-state index contributed by atoms with van der Waals surface area (Å²) in [6.07, 6.45) is 3.22. The van der Waals surface area contributed by atoms with E-state index in [0.29, 0.717) is 17.8 Å². The molecular formula is C23H19N5O2S. The van der Waals surface area contributed by atoms with E-state index in [1.165, 1.54) is 4.90 Å². The molecule has 4 rings (SSSR count). The van der Waals surface area contributed by atoms with Gasteiger partial charge in [-0.05, 0) is 35.3 Å². The minimum atomic E-state index is -0.936. The molecule has 2 amide bonds. The maximum Gasteiger partial charge on any atom is 0.280 e. The number of hydrogen-bond donors (Lipinski definition) is 1. The standard InChI is InChI=1S/C23H19N5O2S/c29-22(25-14-17-8-3-1-4-9-17)21(18-10-7-13-24-15-18)28(19-11-5-2-6-12-19)23(30)20-16-31-27-26-20/h1-13,15-16,21H,14H2,(H,25,29)/t21-/m0/s1. The van der Waals surface area contributed by atoms with Gasteiger partial charge in [0.2, 0.25) is 5.91 Å². The van der Waals surface area contributed by atoms with Gasteiger partial charge in [-0.1, -0.05) is 59.1 Å². The molecule has 8 heteroatoms. The number of aromatic nitrogens is 3. The lowest BCUT2D eigenvalue weighted by Crippen LogP contribution is -2.44. The van der Waals surface area contributed by atoms with Crippen LogP contribution in [0.3, 0.4) is 0 Å². The fourth-order valence-electron chi connectivity index (χ4n) is 3.19. The molecule has 0 saturated carbocycles. The van der Waals surface area contributed by atoms with Gasteiger partial charge in [-0.2, -0.15) is 0 Å². The third-order valence-electron chi connectivity index (χ3n) is 4.65. The quantitative estimate of drug-likeness (QED) is 0.485. The Morgan fingerprint density at radius 3 is 2.35 bits per heavy atom. The first-order valence-corrected chi connectivity index (χ1v) is 10.4. The van der Waals surface area contributed by atoms with Gasteiger partial charge in [-0.3, -0.25) is 19.5 Å². The van der Waals surface area contributed by atoms with Crippen molar-refractivity contribution in [3.8, 4) is 0 Å². The highest BCUT2D eigenvalue weighted by Gasteiger charge is 2.34. The lowest BCUT2D eigenvalue weighted by atomic mass is 10.0. The van der Waals surface area contributed by atoms with Gasteiger partial charge >= 0.3 is 0 Å². The third kappa shape index (κ3) is 4.81. The van der Waals surface area contributed by atoms with Gasteiger partial charge in [0.1, 0.15) is 6.04 Å². The Kier molecular flexibility index (Phi) is 6.39. The van der Waals surface area contributed by atoms with E-state index in [4.69, 9.17) is 0 Å². The molecule has 0 fully saturated rings. The first-order valence-electron chi connectivity index (χ1n) is 9.61. The van der Waals surface area contributed by atoms with Crippen molar-refractivity contribution in [3.63, 3.8) is 0 Å². The molecule has 2 aromatic carbocycles. The molecule has 0 saturated heterocycles. The molecular weight excluding hydrogens is 410 g/mol. The van der Waals surface area contributed by atoms with E-state index in [0.717, 1.165) is 17.1 Å². The van der Waals surface area contributed by atoms with Crippen molar-refractivity contribution in [2.75, 3.05) is 4.90 Å². The number of rotatable bonds is 7. The van der Waals surface area contributed by atoms with E-state index >= 15 is 0 Å². The second kappa shape index (κ2) is 9.73. The Hall–Kier alpha value is -3.91. The number of nitrogens with zero attached hydrogens (tertiary/aromatic N) is 4. The number of anilines is 1. The molecule has 7 nitrogen and oxygen atoms in total. The average molecular weight is 430 g/mol. The van der Waals surface area contributed by atoms with E-state index in [1.54, 1.807) is 42.0 Å². The normalized spacial score (nSPS) is 11.5. The molecule has 2 aromatic heterocycles. The van der Waals surface area contributed by atoms with Crippen LogP contribution < -0.4 is 10.2 Å². The molecule has 0 aliphatic rings. The summed E-state index contributed by atoms with van der Waals surface area (Å²) < 4.78 is 3.80. The van der Waals surface area contributed by atoms with E-state index in [9.17, 15) is 9.59 Å². The van der Waals surface area contributed by atoms with Crippen LogP contribution in [0.15, 0.2) is 90.6 Å². The zero-order valence-corrected chi connectivity index (χ0v) is 17.3. The Labute approximate surface area is 183 Å². The van der Waals surface area contributed by atoms with Crippen molar-refractivity contribution in [1.29, 1.82) is 0 Å². The molecule has 31 heavy (non-hydrogen) atoms. The van der Waals surface area contributed by atoms with Crippen molar-refractivity contribution in [2.45, 2.75) is 12.6 Å². The van der Waals surface area contributed by atoms with Gasteiger partial charge < -0.3 is 5.32 Å². The summed E-state index contributed by atoms with van der Waals surface area (Å²) in [5.41, 5.74) is 2.30. The number of carbonyl (C=O) groups is 2. The summed E-state index contributed by atoms with van der Waals surface area (Å²) in [6.45, 7) is 0.339. The van der Waals surface area contributed by atoms with E-state index < -0.39 is 11.9 Å². The molecule has 4 aromatic rings. The van der Waals surface area contributed by atoms with Gasteiger partial charge in [0.25, 0.3) is 5.91 Å². The lowest BCUT2D eigenvalue weighted by molar-refractivity contribution is -0.122. The average Bonchev–Trinajstić information content (AvgIpc) is 3.37. The third-order valence-corrected chi connectivity index (χ3v) is 5.15. The molecule has 1 N–H and O–H groups in total. The molecule has 1 atom stereocenters. The van der Waals surface area contributed by atoms with Crippen LogP contribution in [0.4, 0.5) is 5.69 Å². The Morgan fingerprint density at radius 1 is 0.968 bits per heavy atom. The summed E-state index contributed by atoms with van der Waals surface area (Å²) in [4.78, 5) is 32.5. The SMILES string of the molecule is O=C(NCc1ccccc1)[C@H](c1cccnc1)N(C(=O)c1csnn1)c1ccccc1.